The number of nitrogens with one attached hydrogen (secondary N) is 1. The highest BCUT2D eigenvalue weighted by molar-refractivity contribution is 5.76. The smallest absolute Gasteiger partial charge is 0.220 e. The monoisotopic (exact) mass is 275 g/mol. The molecule has 0 heterocycles. The van der Waals surface area contributed by atoms with Crippen LogP contribution in [0.2, 0.25) is 0 Å². The molecule has 5 aliphatic carbocycles. The van der Waals surface area contributed by atoms with Crippen molar-refractivity contribution in [2.45, 2.75) is 82.6 Å². The molecule has 0 aromatic rings. The first-order valence-corrected chi connectivity index (χ1v) is 9.02. The third kappa shape index (κ3) is 2.51. The van der Waals surface area contributed by atoms with Crippen LogP contribution in [0.1, 0.15) is 77.0 Å². The van der Waals surface area contributed by atoms with Crippen LogP contribution in [-0.4, -0.2) is 11.4 Å². The highest BCUT2D eigenvalue weighted by Crippen LogP contribution is 2.55. The number of rotatable bonds is 4. The van der Waals surface area contributed by atoms with Crippen LogP contribution in [0.25, 0.3) is 0 Å². The lowest BCUT2D eigenvalue weighted by molar-refractivity contribution is -0.127. The predicted molar refractivity (Wildman–Crippen MR) is 80.2 cm³/mol. The molecule has 0 atom stereocenters. The summed E-state index contributed by atoms with van der Waals surface area (Å²) < 4.78 is 0. The van der Waals surface area contributed by atoms with E-state index in [4.69, 9.17) is 0 Å². The van der Waals surface area contributed by atoms with Crippen molar-refractivity contribution in [3.63, 3.8) is 0 Å². The van der Waals surface area contributed by atoms with Crippen molar-refractivity contribution in [2.24, 2.45) is 23.7 Å². The SMILES string of the molecule is O=C(CCC1CCCC1)NC12CC3CC(CC(C3)C1)C2. The van der Waals surface area contributed by atoms with Gasteiger partial charge in [-0.3, -0.25) is 4.79 Å². The van der Waals surface area contributed by atoms with E-state index >= 15 is 0 Å². The average molecular weight is 275 g/mol. The van der Waals surface area contributed by atoms with E-state index in [1.807, 2.05) is 0 Å². The van der Waals surface area contributed by atoms with Crippen molar-refractivity contribution in [1.29, 1.82) is 0 Å². The Kier molecular flexibility index (Phi) is 3.31. The van der Waals surface area contributed by atoms with Gasteiger partial charge >= 0.3 is 0 Å². The third-order valence-corrected chi connectivity index (χ3v) is 6.70. The molecule has 0 aromatic heterocycles. The molecule has 112 valence electrons. The lowest BCUT2D eigenvalue weighted by Gasteiger charge is -2.57. The van der Waals surface area contributed by atoms with Gasteiger partial charge in [-0.25, -0.2) is 0 Å². The minimum atomic E-state index is 0.224. The molecule has 0 aromatic carbocycles. The first kappa shape index (κ1) is 13.2. The molecule has 2 heteroatoms. The fraction of sp³-hybridized carbons (Fsp3) is 0.944. The van der Waals surface area contributed by atoms with Crippen molar-refractivity contribution in [3.8, 4) is 0 Å². The summed E-state index contributed by atoms with van der Waals surface area (Å²) in [4.78, 5) is 12.4. The Morgan fingerprint density at radius 2 is 1.50 bits per heavy atom. The minimum Gasteiger partial charge on any atom is -0.351 e. The molecule has 0 aliphatic heterocycles. The maximum atomic E-state index is 12.4. The molecular weight excluding hydrogens is 246 g/mol. The van der Waals surface area contributed by atoms with Gasteiger partial charge in [-0.15, -0.1) is 0 Å². The number of hydrogen-bond donors (Lipinski definition) is 1. The Hall–Kier alpha value is -0.530. The standard InChI is InChI=1S/C18H29NO/c20-17(6-5-13-3-1-2-4-13)19-18-10-14-7-15(11-18)9-16(8-14)12-18/h13-16H,1-12H2,(H,19,20). The molecule has 5 rings (SSSR count). The van der Waals surface area contributed by atoms with Crippen molar-refractivity contribution in [2.75, 3.05) is 0 Å². The van der Waals surface area contributed by atoms with E-state index in [1.54, 1.807) is 0 Å². The van der Waals surface area contributed by atoms with Gasteiger partial charge in [0.15, 0.2) is 0 Å². The van der Waals surface area contributed by atoms with Crippen LogP contribution >= 0.6 is 0 Å². The summed E-state index contributed by atoms with van der Waals surface area (Å²) in [5.41, 5.74) is 0.224. The quantitative estimate of drug-likeness (QED) is 0.824. The normalized spacial score (nSPS) is 43.1. The van der Waals surface area contributed by atoms with Crippen molar-refractivity contribution in [1.82, 2.24) is 5.32 Å². The molecule has 0 unspecified atom stereocenters. The van der Waals surface area contributed by atoms with Crippen LogP contribution in [0, 0.1) is 23.7 Å². The summed E-state index contributed by atoms with van der Waals surface area (Å²) in [6, 6.07) is 0. The van der Waals surface area contributed by atoms with Crippen molar-refractivity contribution < 1.29 is 4.79 Å². The van der Waals surface area contributed by atoms with Crippen molar-refractivity contribution >= 4 is 5.91 Å². The second-order valence-corrected chi connectivity index (χ2v) is 8.44. The van der Waals surface area contributed by atoms with E-state index in [2.05, 4.69) is 5.32 Å². The van der Waals surface area contributed by atoms with Gasteiger partial charge < -0.3 is 5.32 Å². The molecule has 1 N–H and O–H groups in total. The molecule has 0 spiro atoms. The van der Waals surface area contributed by atoms with Gasteiger partial charge in [-0.1, -0.05) is 25.7 Å². The van der Waals surface area contributed by atoms with E-state index in [1.165, 1.54) is 64.2 Å². The highest BCUT2D eigenvalue weighted by atomic mass is 16.1. The summed E-state index contributed by atoms with van der Waals surface area (Å²) in [6.07, 6.45) is 15.7. The summed E-state index contributed by atoms with van der Waals surface area (Å²) in [7, 11) is 0. The molecule has 5 fully saturated rings. The third-order valence-electron chi connectivity index (χ3n) is 6.70. The molecule has 2 nitrogen and oxygen atoms in total. The maximum Gasteiger partial charge on any atom is 0.220 e. The van der Waals surface area contributed by atoms with Gasteiger partial charge in [0.05, 0.1) is 0 Å². The lowest BCUT2D eigenvalue weighted by atomic mass is 9.53. The summed E-state index contributed by atoms with van der Waals surface area (Å²) in [6.45, 7) is 0. The summed E-state index contributed by atoms with van der Waals surface area (Å²) >= 11 is 0. The Bertz CT molecular complexity index is 348. The zero-order valence-electron chi connectivity index (χ0n) is 12.7. The van der Waals surface area contributed by atoms with Gasteiger partial charge in [0, 0.05) is 12.0 Å². The van der Waals surface area contributed by atoms with Crippen molar-refractivity contribution in [3.05, 3.63) is 0 Å². The second-order valence-electron chi connectivity index (χ2n) is 8.44. The summed E-state index contributed by atoms with van der Waals surface area (Å²) in [5, 5.41) is 3.51. The summed E-state index contributed by atoms with van der Waals surface area (Å²) in [5.74, 6) is 3.99. The number of carbonyl (C=O) groups excluding carboxylic acids is 1. The van der Waals surface area contributed by atoms with Crippen LogP contribution in [0.15, 0.2) is 0 Å². The van der Waals surface area contributed by atoms with E-state index in [0.29, 0.717) is 5.91 Å². The van der Waals surface area contributed by atoms with Gasteiger partial charge in [0.2, 0.25) is 5.91 Å². The molecule has 4 bridgehead atoms. The molecule has 1 amide bonds. The first-order valence-electron chi connectivity index (χ1n) is 9.02. The molecular formula is C18H29NO. The van der Waals surface area contributed by atoms with Crippen LogP contribution in [0.3, 0.4) is 0 Å². The minimum absolute atomic E-state index is 0.224. The topological polar surface area (TPSA) is 29.1 Å². The fourth-order valence-corrected chi connectivity index (χ4v) is 6.26. The number of amides is 1. The van der Waals surface area contributed by atoms with Gasteiger partial charge in [-0.2, -0.15) is 0 Å². The van der Waals surface area contributed by atoms with E-state index in [0.717, 1.165) is 36.5 Å². The molecule has 0 radical (unpaired) electrons. The first-order chi connectivity index (χ1) is 9.71. The lowest BCUT2D eigenvalue weighted by Crippen LogP contribution is -2.59. The van der Waals surface area contributed by atoms with E-state index < -0.39 is 0 Å². The van der Waals surface area contributed by atoms with Gasteiger partial charge in [0.25, 0.3) is 0 Å². The molecule has 5 saturated carbocycles. The Balaban J connectivity index is 1.32. The van der Waals surface area contributed by atoms with Gasteiger partial charge in [0.1, 0.15) is 0 Å². The molecule has 20 heavy (non-hydrogen) atoms. The predicted octanol–water partition coefficient (Wildman–Crippen LogP) is 4.04. The van der Waals surface area contributed by atoms with Gasteiger partial charge in [-0.05, 0) is 68.6 Å². The number of carbonyl (C=O) groups is 1. The number of hydrogen-bond acceptors (Lipinski definition) is 1. The largest absolute Gasteiger partial charge is 0.351 e. The Morgan fingerprint density at radius 3 is 2.05 bits per heavy atom. The molecule has 5 aliphatic rings. The van der Waals surface area contributed by atoms with Crippen LogP contribution < -0.4 is 5.32 Å². The van der Waals surface area contributed by atoms with Crippen LogP contribution in [0.5, 0.6) is 0 Å². The zero-order valence-corrected chi connectivity index (χ0v) is 12.7. The highest BCUT2D eigenvalue weighted by Gasteiger charge is 2.51. The zero-order chi connectivity index (χ0) is 13.6. The van der Waals surface area contributed by atoms with E-state index in [-0.39, 0.29) is 5.54 Å². The molecule has 0 saturated heterocycles. The van der Waals surface area contributed by atoms with E-state index in [9.17, 15) is 4.79 Å². The Labute approximate surface area is 123 Å². The Morgan fingerprint density at radius 1 is 0.950 bits per heavy atom. The fourth-order valence-electron chi connectivity index (χ4n) is 6.26. The second kappa shape index (κ2) is 5.03. The van der Waals surface area contributed by atoms with Crippen LogP contribution in [-0.2, 0) is 4.79 Å². The van der Waals surface area contributed by atoms with Crippen LogP contribution in [0.4, 0.5) is 0 Å². The maximum absolute atomic E-state index is 12.4. The average Bonchev–Trinajstić information content (AvgIpc) is 2.87.